The summed E-state index contributed by atoms with van der Waals surface area (Å²) in [6.07, 6.45) is 0. The molecule has 34 heavy (non-hydrogen) atoms. The number of allylic oxidation sites excluding steroid dienone is 4. The summed E-state index contributed by atoms with van der Waals surface area (Å²) in [4.78, 5) is 0. The van der Waals surface area contributed by atoms with Gasteiger partial charge in [-0.25, -0.2) is 0 Å². The van der Waals surface area contributed by atoms with Crippen LogP contribution >= 0.6 is 0 Å². The molecule has 1 aliphatic carbocycles. The van der Waals surface area contributed by atoms with Gasteiger partial charge in [0.15, 0.2) is 0 Å². The SMILES string of the molecule is COc1ccccc1[N]([Ti+2][C]1=C(C)C(C)=C(C)C1(C)C)c1ccccc1-c1ccccc1.[Cl-].[Cl-]. The zero-order chi connectivity index (χ0) is 22.9. The number of anilines is 2. The summed E-state index contributed by atoms with van der Waals surface area (Å²) in [5.74, 6) is 0.912. The third-order valence-electron chi connectivity index (χ3n) is 6.84. The van der Waals surface area contributed by atoms with E-state index in [-0.39, 0.29) is 30.2 Å². The first-order valence-electron chi connectivity index (χ1n) is 11.1. The first-order chi connectivity index (χ1) is 15.4. The standard InChI is InChI=1S/C19H16NO.C10H15.2ClH.Ti/c1-21-19-14-8-7-13-18(19)20-17-12-6-5-11-16(17)15-9-3-2-4-10-15;1-7-6-10(4,5)9(3)8(7)2;;;/h2-14H,1H3;1-5H3;2*1H;/q-1;;;;+3/p-2. The number of benzene rings is 3. The van der Waals surface area contributed by atoms with E-state index in [1.54, 1.807) is 11.0 Å². The average molecular weight is 528 g/mol. The minimum Gasteiger partial charge on any atom is -1.00 e. The van der Waals surface area contributed by atoms with Crippen LogP contribution in [-0.2, 0) is 19.4 Å². The van der Waals surface area contributed by atoms with E-state index < -0.39 is 19.4 Å². The van der Waals surface area contributed by atoms with Crippen LogP contribution in [0.15, 0.2) is 99.5 Å². The van der Waals surface area contributed by atoms with Crippen molar-refractivity contribution in [2.75, 3.05) is 10.5 Å². The Morgan fingerprint density at radius 2 is 1.26 bits per heavy atom. The Balaban J connectivity index is 0.00000204. The number of rotatable bonds is 6. The molecule has 0 atom stereocenters. The fourth-order valence-electron chi connectivity index (χ4n) is 4.52. The summed E-state index contributed by atoms with van der Waals surface area (Å²) in [6, 6.07) is 27.9. The minimum atomic E-state index is -0.708. The molecule has 0 spiro atoms. The van der Waals surface area contributed by atoms with Crippen molar-refractivity contribution < 1.29 is 49.0 Å². The Kier molecular flexibility index (Phi) is 9.68. The quantitative estimate of drug-likeness (QED) is 0.455. The van der Waals surface area contributed by atoms with Crippen molar-refractivity contribution in [3.05, 3.63) is 99.5 Å². The number of nitrogens with zero attached hydrogens (tertiary/aromatic N) is 1. The molecule has 0 saturated heterocycles. The molecule has 1 aliphatic rings. The van der Waals surface area contributed by atoms with Crippen LogP contribution < -0.4 is 32.9 Å². The van der Waals surface area contributed by atoms with Gasteiger partial charge in [0.05, 0.1) is 0 Å². The van der Waals surface area contributed by atoms with E-state index in [9.17, 15) is 0 Å². The molecule has 0 aliphatic heterocycles. The maximum atomic E-state index is 5.83. The normalized spacial score (nSPS) is 14.2. The fraction of sp³-hybridized carbons (Fsp3) is 0.241. The van der Waals surface area contributed by atoms with Crippen molar-refractivity contribution in [3.8, 4) is 16.9 Å². The monoisotopic (exact) mass is 527 g/mol. The molecule has 0 aromatic heterocycles. The van der Waals surface area contributed by atoms with Crippen LogP contribution in [0.25, 0.3) is 11.1 Å². The third-order valence-corrected chi connectivity index (χ3v) is 9.85. The number of hydrogen-bond acceptors (Lipinski definition) is 2. The molecule has 0 radical (unpaired) electrons. The molecule has 0 bridgehead atoms. The van der Waals surface area contributed by atoms with Crippen molar-refractivity contribution >= 4 is 11.4 Å². The van der Waals surface area contributed by atoms with Gasteiger partial charge in [-0.3, -0.25) is 0 Å². The molecule has 5 heteroatoms. The van der Waals surface area contributed by atoms with Crippen LogP contribution in [0.3, 0.4) is 0 Å². The Morgan fingerprint density at radius 1 is 0.706 bits per heavy atom. The molecule has 3 aromatic carbocycles. The molecule has 176 valence electrons. The van der Waals surface area contributed by atoms with Crippen molar-refractivity contribution in [1.29, 1.82) is 0 Å². The van der Waals surface area contributed by atoms with Gasteiger partial charge in [-0.2, -0.15) is 0 Å². The van der Waals surface area contributed by atoms with Crippen LogP contribution in [0.5, 0.6) is 5.75 Å². The van der Waals surface area contributed by atoms with Gasteiger partial charge >= 0.3 is 202 Å². The Hall–Kier alpha value is -1.97. The van der Waals surface area contributed by atoms with Crippen LogP contribution in [0.4, 0.5) is 11.4 Å². The van der Waals surface area contributed by atoms with E-state index in [1.807, 2.05) is 6.07 Å². The minimum absolute atomic E-state index is 0. The maximum absolute atomic E-state index is 5.83. The molecule has 4 rings (SSSR count). The molecule has 0 N–H and O–H groups in total. The van der Waals surface area contributed by atoms with Gasteiger partial charge in [0.1, 0.15) is 0 Å². The first-order valence-corrected chi connectivity index (χ1v) is 12.6. The van der Waals surface area contributed by atoms with E-state index in [0.717, 1.165) is 11.4 Å². The average Bonchev–Trinajstić information content (AvgIpc) is 2.97. The molecule has 0 unspecified atom stereocenters. The van der Waals surface area contributed by atoms with Crippen molar-refractivity contribution in [3.63, 3.8) is 0 Å². The Morgan fingerprint density at radius 3 is 1.85 bits per heavy atom. The summed E-state index contributed by atoms with van der Waals surface area (Å²) in [7, 11) is 1.76. The number of hydrogen-bond donors (Lipinski definition) is 0. The van der Waals surface area contributed by atoms with Crippen LogP contribution in [0.1, 0.15) is 34.6 Å². The molecule has 0 amide bonds. The second-order valence-electron chi connectivity index (χ2n) is 8.88. The van der Waals surface area contributed by atoms with Crippen LogP contribution in [0.2, 0.25) is 0 Å². The number of methoxy groups -OCH3 is 1. The topological polar surface area (TPSA) is 12.5 Å². The summed E-state index contributed by atoms with van der Waals surface area (Å²) in [6.45, 7) is 11.6. The third kappa shape index (κ3) is 5.16. The summed E-state index contributed by atoms with van der Waals surface area (Å²) >= 11 is -0.708. The van der Waals surface area contributed by atoms with Crippen LogP contribution in [0, 0.1) is 5.41 Å². The molecular formula is C29H31Cl2NOTi. The fourth-order valence-corrected chi connectivity index (χ4v) is 7.13. The first kappa shape index (κ1) is 28.3. The number of ether oxygens (including phenoxy) is 1. The zero-order valence-electron chi connectivity index (χ0n) is 20.6. The maximum Gasteiger partial charge on any atom is -1.00 e. The van der Waals surface area contributed by atoms with Crippen molar-refractivity contribution in [1.82, 2.24) is 0 Å². The molecule has 0 heterocycles. The van der Waals surface area contributed by atoms with Crippen LogP contribution in [-0.4, -0.2) is 7.11 Å². The molecular weight excluding hydrogens is 497 g/mol. The summed E-state index contributed by atoms with van der Waals surface area (Å²) in [5.41, 5.74) is 9.34. The zero-order valence-corrected chi connectivity index (χ0v) is 23.7. The molecule has 0 fully saturated rings. The second kappa shape index (κ2) is 11.6. The summed E-state index contributed by atoms with van der Waals surface area (Å²) in [5, 5.41) is 0. The molecule has 2 nitrogen and oxygen atoms in total. The van der Waals surface area contributed by atoms with Gasteiger partial charge < -0.3 is 24.8 Å². The van der Waals surface area contributed by atoms with Gasteiger partial charge in [-0.05, 0) is 0 Å². The van der Waals surface area contributed by atoms with Gasteiger partial charge in [0, 0.05) is 0 Å². The van der Waals surface area contributed by atoms with E-state index in [0.29, 0.717) is 0 Å². The van der Waals surface area contributed by atoms with Gasteiger partial charge in [-0.1, -0.05) is 0 Å². The van der Waals surface area contributed by atoms with Gasteiger partial charge in [0.2, 0.25) is 0 Å². The van der Waals surface area contributed by atoms with Gasteiger partial charge in [-0.15, -0.1) is 0 Å². The van der Waals surface area contributed by atoms with Crippen molar-refractivity contribution in [2.24, 2.45) is 5.41 Å². The van der Waals surface area contributed by atoms with E-state index in [1.165, 1.54) is 33.5 Å². The van der Waals surface area contributed by atoms with Gasteiger partial charge in [0.25, 0.3) is 0 Å². The second-order valence-corrected chi connectivity index (χ2v) is 10.7. The van der Waals surface area contributed by atoms with E-state index in [4.69, 9.17) is 4.74 Å². The smallest absolute Gasteiger partial charge is 1.00 e. The largest absolute Gasteiger partial charge is 1.00 e. The van der Waals surface area contributed by atoms with Crippen molar-refractivity contribution in [2.45, 2.75) is 34.6 Å². The predicted molar refractivity (Wildman–Crippen MR) is 132 cm³/mol. The summed E-state index contributed by atoms with van der Waals surface area (Å²) < 4.78 is 9.96. The van der Waals surface area contributed by atoms with E-state index >= 15 is 0 Å². The molecule has 0 saturated carbocycles. The predicted octanol–water partition coefficient (Wildman–Crippen LogP) is 2.16. The Labute approximate surface area is 226 Å². The number of para-hydroxylation sites is 3. The Bertz CT molecular complexity index is 1200. The molecule has 3 aromatic rings. The van der Waals surface area contributed by atoms with E-state index in [2.05, 4.69) is 111 Å². The number of halogens is 2.